The number of pyridine rings is 1. The van der Waals surface area contributed by atoms with E-state index in [4.69, 9.17) is 0 Å². The summed E-state index contributed by atoms with van der Waals surface area (Å²) in [6.45, 7) is 4.57. The van der Waals surface area contributed by atoms with Crippen molar-refractivity contribution in [3.63, 3.8) is 0 Å². The van der Waals surface area contributed by atoms with Crippen LogP contribution in [0.25, 0.3) is 0 Å². The summed E-state index contributed by atoms with van der Waals surface area (Å²) in [7, 11) is 0. The molecule has 0 saturated heterocycles. The summed E-state index contributed by atoms with van der Waals surface area (Å²) in [6.07, 6.45) is 3.49. The molecule has 3 aromatic rings. The Morgan fingerprint density at radius 2 is 1.96 bits per heavy atom. The number of aromatic nitrogens is 3. The lowest BCUT2D eigenvalue weighted by Crippen LogP contribution is -2.06. The Kier molecular flexibility index (Phi) is 5.50. The fourth-order valence-electron chi connectivity index (χ4n) is 2.58. The molecule has 0 radical (unpaired) electrons. The third-order valence-corrected chi connectivity index (χ3v) is 4.93. The molecule has 0 aliphatic rings. The van der Waals surface area contributed by atoms with Crippen LogP contribution in [0, 0.1) is 5.82 Å². The topological polar surface area (TPSA) is 50.9 Å². The summed E-state index contributed by atoms with van der Waals surface area (Å²) >= 11 is 1.47. The van der Waals surface area contributed by atoms with Crippen molar-refractivity contribution in [1.29, 1.82) is 0 Å². The highest BCUT2D eigenvalue weighted by Crippen LogP contribution is 2.35. The first kappa shape index (κ1) is 17.6. The average molecular weight is 357 g/mol. The average Bonchev–Trinajstić information content (AvgIpc) is 2.94. The van der Waals surface area contributed by atoms with Gasteiger partial charge in [0.25, 0.3) is 0 Å². The SMILES string of the molecule is CC(C)c1nc(CO)n(Cc2ccncc2)c1Sc1cccc(F)c1. The molecule has 0 fully saturated rings. The van der Waals surface area contributed by atoms with E-state index in [2.05, 4.69) is 23.8 Å². The molecule has 0 saturated carbocycles. The molecule has 2 aromatic heterocycles. The molecule has 0 aliphatic carbocycles. The second-order valence-electron chi connectivity index (χ2n) is 6.03. The van der Waals surface area contributed by atoms with E-state index in [-0.39, 0.29) is 18.3 Å². The number of hydrogen-bond acceptors (Lipinski definition) is 4. The molecule has 6 heteroatoms. The summed E-state index contributed by atoms with van der Waals surface area (Å²) in [5.41, 5.74) is 1.98. The van der Waals surface area contributed by atoms with Crippen LogP contribution < -0.4 is 0 Å². The lowest BCUT2D eigenvalue weighted by atomic mass is 10.1. The van der Waals surface area contributed by atoms with Crippen LogP contribution in [-0.2, 0) is 13.2 Å². The normalized spacial score (nSPS) is 11.2. The molecule has 1 N–H and O–H groups in total. The highest BCUT2D eigenvalue weighted by atomic mass is 32.2. The van der Waals surface area contributed by atoms with Crippen molar-refractivity contribution in [3.05, 3.63) is 71.7 Å². The maximum atomic E-state index is 13.6. The lowest BCUT2D eigenvalue weighted by Gasteiger charge is -2.13. The van der Waals surface area contributed by atoms with E-state index in [1.165, 1.54) is 23.9 Å². The summed E-state index contributed by atoms with van der Waals surface area (Å²) in [6, 6.07) is 10.4. The molecule has 3 rings (SSSR count). The van der Waals surface area contributed by atoms with Crippen LogP contribution in [0.4, 0.5) is 4.39 Å². The van der Waals surface area contributed by atoms with Crippen molar-refractivity contribution in [3.8, 4) is 0 Å². The number of hydrogen-bond donors (Lipinski definition) is 1. The van der Waals surface area contributed by atoms with Crippen molar-refractivity contribution in [2.24, 2.45) is 0 Å². The number of aliphatic hydroxyl groups excluding tert-OH is 1. The van der Waals surface area contributed by atoms with Gasteiger partial charge in [0.05, 0.1) is 12.2 Å². The predicted molar refractivity (Wildman–Crippen MR) is 96.1 cm³/mol. The Morgan fingerprint density at radius 3 is 2.60 bits per heavy atom. The van der Waals surface area contributed by atoms with E-state index in [1.54, 1.807) is 18.5 Å². The second-order valence-corrected chi connectivity index (χ2v) is 7.09. The highest BCUT2D eigenvalue weighted by Gasteiger charge is 2.20. The van der Waals surface area contributed by atoms with Crippen molar-refractivity contribution in [2.75, 3.05) is 0 Å². The van der Waals surface area contributed by atoms with Gasteiger partial charge in [0, 0.05) is 17.3 Å². The number of benzene rings is 1. The van der Waals surface area contributed by atoms with Crippen molar-refractivity contribution < 1.29 is 9.50 Å². The molecule has 25 heavy (non-hydrogen) atoms. The molecule has 4 nitrogen and oxygen atoms in total. The Hall–Kier alpha value is -2.18. The Morgan fingerprint density at radius 1 is 1.20 bits per heavy atom. The van der Waals surface area contributed by atoms with Gasteiger partial charge in [-0.2, -0.15) is 0 Å². The minimum Gasteiger partial charge on any atom is -0.388 e. The molecule has 2 heterocycles. The summed E-state index contributed by atoms with van der Waals surface area (Å²) in [5.74, 6) is 0.540. The van der Waals surface area contributed by atoms with E-state index in [9.17, 15) is 9.50 Å². The Balaban J connectivity index is 2.05. The quantitative estimate of drug-likeness (QED) is 0.717. The van der Waals surface area contributed by atoms with Gasteiger partial charge in [-0.25, -0.2) is 9.37 Å². The van der Waals surface area contributed by atoms with Crippen molar-refractivity contribution >= 4 is 11.8 Å². The highest BCUT2D eigenvalue weighted by molar-refractivity contribution is 7.99. The largest absolute Gasteiger partial charge is 0.388 e. The fourth-order valence-corrected chi connectivity index (χ4v) is 3.79. The zero-order valence-corrected chi connectivity index (χ0v) is 15.0. The smallest absolute Gasteiger partial charge is 0.136 e. The van der Waals surface area contributed by atoms with E-state index in [1.807, 2.05) is 22.8 Å². The maximum absolute atomic E-state index is 13.6. The van der Waals surface area contributed by atoms with Gasteiger partial charge in [-0.15, -0.1) is 0 Å². The molecular weight excluding hydrogens is 337 g/mol. The van der Waals surface area contributed by atoms with Gasteiger partial charge in [0.1, 0.15) is 23.3 Å². The number of halogens is 1. The summed E-state index contributed by atoms with van der Waals surface area (Å²) in [5, 5.41) is 10.7. The standard InChI is InChI=1S/C19H20FN3OS/c1-13(2)18-19(25-16-5-3-4-15(20)10-16)23(17(12-24)22-18)11-14-6-8-21-9-7-14/h3-10,13,24H,11-12H2,1-2H3. The van der Waals surface area contributed by atoms with Crippen LogP contribution >= 0.6 is 11.8 Å². The summed E-state index contributed by atoms with van der Waals surface area (Å²) < 4.78 is 15.6. The third-order valence-electron chi connectivity index (χ3n) is 3.81. The first-order valence-corrected chi connectivity index (χ1v) is 8.92. The molecule has 0 unspecified atom stereocenters. The predicted octanol–water partition coefficient (Wildman–Crippen LogP) is 4.23. The van der Waals surface area contributed by atoms with E-state index in [0.717, 1.165) is 21.2 Å². The van der Waals surface area contributed by atoms with Gasteiger partial charge in [0.15, 0.2) is 0 Å². The van der Waals surface area contributed by atoms with Crippen LogP contribution in [0.15, 0.2) is 58.7 Å². The van der Waals surface area contributed by atoms with Crippen LogP contribution in [0.1, 0.15) is 36.8 Å². The first-order chi connectivity index (χ1) is 12.1. The third kappa shape index (κ3) is 4.08. The second kappa shape index (κ2) is 7.80. The van der Waals surface area contributed by atoms with Crippen molar-refractivity contribution in [1.82, 2.24) is 14.5 Å². The van der Waals surface area contributed by atoms with Crippen LogP contribution in [0.2, 0.25) is 0 Å². The monoisotopic (exact) mass is 357 g/mol. The Bertz CT molecular complexity index is 849. The van der Waals surface area contributed by atoms with Crippen LogP contribution in [-0.4, -0.2) is 19.6 Å². The van der Waals surface area contributed by atoms with Gasteiger partial charge in [-0.1, -0.05) is 31.7 Å². The van der Waals surface area contributed by atoms with Gasteiger partial charge in [-0.05, 0) is 41.8 Å². The summed E-state index contributed by atoms with van der Waals surface area (Å²) in [4.78, 5) is 9.48. The van der Waals surface area contributed by atoms with Crippen LogP contribution in [0.5, 0.6) is 0 Å². The number of nitrogens with zero attached hydrogens (tertiary/aromatic N) is 3. The Labute approximate surface area is 150 Å². The molecule has 0 bridgehead atoms. The molecule has 0 atom stereocenters. The molecule has 0 amide bonds. The number of imidazole rings is 1. The first-order valence-electron chi connectivity index (χ1n) is 8.11. The molecule has 0 aliphatic heterocycles. The molecular formula is C19H20FN3OS. The molecule has 130 valence electrons. The maximum Gasteiger partial charge on any atom is 0.136 e. The number of aliphatic hydroxyl groups is 1. The lowest BCUT2D eigenvalue weighted by molar-refractivity contribution is 0.265. The molecule has 1 aromatic carbocycles. The minimum absolute atomic E-state index is 0.144. The fraction of sp³-hybridized carbons (Fsp3) is 0.263. The van der Waals surface area contributed by atoms with Gasteiger partial charge in [0.2, 0.25) is 0 Å². The molecule has 0 spiro atoms. The van der Waals surface area contributed by atoms with Gasteiger partial charge in [-0.3, -0.25) is 4.98 Å². The van der Waals surface area contributed by atoms with E-state index < -0.39 is 0 Å². The zero-order chi connectivity index (χ0) is 17.8. The minimum atomic E-state index is -0.265. The zero-order valence-electron chi connectivity index (χ0n) is 14.2. The van der Waals surface area contributed by atoms with E-state index >= 15 is 0 Å². The van der Waals surface area contributed by atoms with E-state index in [0.29, 0.717) is 12.4 Å². The van der Waals surface area contributed by atoms with Crippen molar-refractivity contribution in [2.45, 2.75) is 42.8 Å². The van der Waals surface area contributed by atoms with Crippen LogP contribution in [0.3, 0.4) is 0 Å². The van der Waals surface area contributed by atoms with Gasteiger partial charge < -0.3 is 9.67 Å². The van der Waals surface area contributed by atoms with Gasteiger partial charge >= 0.3 is 0 Å². The number of rotatable bonds is 6.